The van der Waals surface area contributed by atoms with Crippen LogP contribution in [0.3, 0.4) is 0 Å². The summed E-state index contributed by atoms with van der Waals surface area (Å²) in [5.41, 5.74) is 3.65. The van der Waals surface area contributed by atoms with Crippen LogP contribution >= 0.6 is 15.9 Å². The molecule has 184 valence electrons. The number of nitrogens with two attached hydrogens (primary N) is 1. The van der Waals surface area contributed by atoms with E-state index in [1.807, 2.05) is 0 Å². The van der Waals surface area contributed by atoms with Crippen LogP contribution in [0.5, 0.6) is 0 Å². The van der Waals surface area contributed by atoms with E-state index in [1.165, 1.54) is 13.8 Å². The molecule has 1 atom stereocenters. The minimum atomic E-state index is -3.47. The molecule has 0 saturated carbocycles. The maximum Gasteiger partial charge on any atom is 0.405 e. The van der Waals surface area contributed by atoms with Gasteiger partial charge in [-0.1, -0.05) is 26.7 Å². The van der Waals surface area contributed by atoms with Crippen LogP contribution in [0, 0.1) is 28.9 Å². The van der Waals surface area contributed by atoms with Crippen molar-refractivity contribution < 1.29 is 26.7 Å². The third kappa shape index (κ3) is 6.13. The molecule has 6 nitrogen and oxygen atoms in total. The van der Waals surface area contributed by atoms with Crippen molar-refractivity contribution >= 4 is 31.9 Å². The monoisotopic (exact) mass is 556 g/mol. The van der Waals surface area contributed by atoms with Crippen molar-refractivity contribution in [2.45, 2.75) is 51.4 Å². The van der Waals surface area contributed by atoms with Crippen LogP contribution in [0.25, 0.3) is 0 Å². The number of hydrogen-bond acceptors (Lipinski definition) is 5. The van der Waals surface area contributed by atoms with Crippen LogP contribution < -0.4 is 5.73 Å². The highest BCUT2D eigenvalue weighted by Gasteiger charge is 2.50. The van der Waals surface area contributed by atoms with Gasteiger partial charge in [0, 0.05) is 28.6 Å². The average molecular weight is 557 g/mol. The van der Waals surface area contributed by atoms with Gasteiger partial charge < -0.3 is 10.5 Å². The highest BCUT2D eigenvalue weighted by atomic mass is 79.9. The molecule has 2 aromatic rings. The number of sulfone groups is 1. The first-order valence-electron chi connectivity index (χ1n) is 10.2. The third-order valence-electron chi connectivity index (χ3n) is 5.51. The number of halogens is 3. The number of pyridine rings is 1. The number of nitrogens with zero attached hydrogens (tertiary/aromatic N) is 1. The normalized spacial score (nSPS) is 14.0. The molecule has 0 aliphatic heterocycles. The standard InChI is InChI=1S/C24H27BrF2N2O4S/c1-22(2,3)24(33-21(28)30,14-15-11-16(26)13-17(27)12-15)20-19(25)8-7-18(29-20)9-10-23(4,5)34(6,31)32/h7-8,11-13H,14H2,1-6H3,(H2,28,30). The molecule has 2 N–H and O–H groups in total. The van der Waals surface area contributed by atoms with Crippen molar-refractivity contribution in [3.05, 3.63) is 63.4 Å². The summed E-state index contributed by atoms with van der Waals surface area (Å²) in [5, 5.41) is 0. The van der Waals surface area contributed by atoms with E-state index in [2.05, 4.69) is 32.8 Å². The molecule has 1 unspecified atom stereocenters. The van der Waals surface area contributed by atoms with Crippen LogP contribution in [0.15, 0.2) is 34.8 Å². The quantitative estimate of drug-likeness (QED) is 0.529. The van der Waals surface area contributed by atoms with Gasteiger partial charge in [-0.3, -0.25) is 0 Å². The molecule has 0 aliphatic rings. The van der Waals surface area contributed by atoms with Crippen LogP contribution in [-0.4, -0.2) is 30.5 Å². The van der Waals surface area contributed by atoms with Gasteiger partial charge in [-0.25, -0.2) is 27.0 Å². The molecule has 34 heavy (non-hydrogen) atoms. The molecule has 1 aromatic carbocycles. The minimum Gasteiger partial charge on any atom is -0.436 e. The molecule has 0 fully saturated rings. The zero-order chi connectivity index (χ0) is 26.1. The number of rotatable bonds is 5. The van der Waals surface area contributed by atoms with E-state index in [0.717, 1.165) is 24.5 Å². The third-order valence-corrected chi connectivity index (χ3v) is 8.10. The van der Waals surface area contributed by atoms with Gasteiger partial charge in [0.25, 0.3) is 0 Å². The molecule has 0 aliphatic carbocycles. The van der Waals surface area contributed by atoms with Gasteiger partial charge >= 0.3 is 6.09 Å². The molecule has 0 spiro atoms. The Kier molecular flexibility index (Phi) is 7.85. The van der Waals surface area contributed by atoms with Crippen molar-refractivity contribution in [3.63, 3.8) is 0 Å². The topological polar surface area (TPSA) is 99.3 Å². The molecular formula is C24H27BrF2N2O4S. The lowest BCUT2D eigenvalue weighted by Gasteiger charge is -2.43. The molecule has 2 rings (SSSR count). The summed E-state index contributed by atoms with van der Waals surface area (Å²) < 4.78 is 56.7. The Balaban J connectivity index is 2.79. The Hall–Kier alpha value is -2.51. The van der Waals surface area contributed by atoms with Gasteiger partial charge in [0.15, 0.2) is 15.4 Å². The second-order valence-electron chi connectivity index (χ2n) is 9.51. The first-order valence-corrected chi connectivity index (χ1v) is 12.9. The molecule has 1 heterocycles. The van der Waals surface area contributed by atoms with Gasteiger partial charge in [-0.05, 0) is 65.5 Å². The predicted octanol–water partition coefficient (Wildman–Crippen LogP) is 4.88. The van der Waals surface area contributed by atoms with Gasteiger partial charge in [0.05, 0.1) is 0 Å². The van der Waals surface area contributed by atoms with E-state index in [0.29, 0.717) is 4.47 Å². The molecule has 0 bridgehead atoms. The number of aromatic nitrogens is 1. The van der Waals surface area contributed by atoms with Crippen LogP contribution in [0.1, 0.15) is 51.6 Å². The Bertz CT molecular complexity index is 1260. The minimum absolute atomic E-state index is 0.147. The lowest BCUT2D eigenvalue weighted by atomic mass is 9.70. The van der Waals surface area contributed by atoms with Gasteiger partial charge in [-0.15, -0.1) is 0 Å². The second-order valence-corrected chi connectivity index (χ2v) is 12.9. The maximum atomic E-state index is 14.0. The Morgan fingerprint density at radius 1 is 1.12 bits per heavy atom. The van der Waals surface area contributed by atoms with E-state index in [1.54, 1.807) is 32.9 Å². The number of ether oxygens (including phenoxy) is 1. The van der Waals surface area contributed by atoms with Crippen molar-refractivity contribution in [3.8, 4) is 11.8 Å². The Morgan fingerprint density at radius 3 is 2.15 bits per heavy atom. The van der Waals surface area contributed by atoms with E-state index < -0.39 is 43.3 Å². The lowest BCUT2D eigenvalue weighted by molar-refractivity contribution is -0.0747. The summed E-state index contributed by atoms with van der Waals surface area (Å²) in [7, 11) is -3.47. The molecule has 0 radical (unpaired) electrons. The SMILES string of the molecule is CC(C)(C)C(Cc1cc(F)cc(F)c1)(OC(N)=O)c1nc(C#CC(C)(C)S(C)(=O)=O)ccc1Br. The fourth-order valence-corrected chi connectivity index (χ4v) is 3.99. The summed E-state index contributed by atoms with van der Waals surface area (Å²) in [6, 6.07) is 6.21. The number of primary amides is 1. The summed E-state index contributed by atoms with van der Waals surface area (Å²) in [4.78, 5) is 16.6. The van der Waals surface area contributed by atoms with Crippen molar-refractivity contribution in [2.75, 3.05) is 6.26 Å². The Labute approximate surface area is 207 Å². The van der Waals surface area contributed by atoms with Gasteiger partial charge in [-0.2, -0.15) is 0 Å². The Morgan fingerprint density at radius 2 is 1.68 bits per heavy atom. The number of carbonyl (C=O) groups is 1. The maximum absolute atomic E-state index is 14.0. The molecular weight excluding hydrogens is 530 g/mol. The predicted molar refractivity (Wildman–Crippen MR) is 130 cm³/mol. The van der Waals surface area contributed by atoms with Crippen molar-refractivity contribution in [1.82, 2.24) is 4.98 Å². The second kappa shape index (κ2) is 9.62. The number of carbonyl (C=O) groups excluding carboxylic acids is 1. The van der Waals surface area contributed by atoms with Crippen molar-refractivity contribution in [2.24, 2.45) is 11.1 Å². The smallest absolute Gasteiger partial charge is 0.405 e. The van der Waals surface area contributed by atoms with Gasteiger partial charge in [0.1, 0.15) is 27.8 Å². The molecule has 10 heteroatoms. The first-order chi connectivity index (χ1) is 15.4. The van der Waals surface area contributed by atoms with E-state index >= 15 is 0 Å². The summed E-state index contributed by atoms with van der Waals surface area (Å²) >= 11 is 3.43. The fraction of sp³-hybridized carbons (Fsp3) is 0.417. The van der Waals surface area contributed by atoms with Crippen LogP contribution in [0.2, 0.25) is 0 Å². The summed E-state index contributed by atoms with van der Waals surface area (Å²) in [6.07, 6.45) is -0.160. The molecule has 1 amide bonds. The fourth-order valence-electron chi connectivity index (χ4n) is 3.22. The zero-order valence-corrected chi connectivity index (χ0v) is 22.2. The largest absolute Gasteiger partial charge is 0.436 e. The number of amides is 1. The lowest BCUT2D eigenvalue weighted by Crippen LogP contribution is -2.48. The summed E-state index contributed by atoms with van der Waals surface area (Å²) in [5.74, 6) is 3.90. The van der Waals surface area contributed by atoms with Crippen molar-refractivity contribution in [1.29, 1.82) is 0 Å². The molecule has 0 saturated heterocycles. The zero-order valence-electron chi connectivity index (χ0n) is 19.8. The highest BCUT2D eigenvalue weighted by Crippen LogP contribution is 2.47. The number of hydrogen-bond donors (Lipinski definition) is 1. The van der Waals surface area contributed by atoms with E-state index in [9.17, 15) is 22.0 Å². The summed E-state index contributed by atoms with van der Waals surface area (Å²) in [6.45, 7) is 8.26. The van der Waals surface area contributed by atoms with E-state index in [4.69, 9.17) is 10.5 Å². The van der Waals surface area contributed by atoms with Crippen LogP contribution in [-0.2, 0) is 26.6 Å². The number of benzene rings is 1. The average Bonchev–Trinajstić information content (AvgIpc) is 2.63. The molecule has 1 aromatic heterocycles. The van der Waals surface area contributed by atoms with Crippen LogP contribution in [0.4, 0.5) is 13.6 Å². The first kappa shape index (κ1) is 27.7. The van der Waals surface area contributed by atoms with E-state index in [-0.39, 0.29) is 23.4 Å². The van der Waals surface area contributed by atoms with Gasteiger partial charge in [0.2, 0.25) is 0 Å². The highest BCUT2D eigenvalue weighted by molar-refractivity contribution is 9.10.